The molecule has 0 saturated heterocycles. The Morgan fingerprint density at radius 1 is 1.45 bits per heavy atom. The molecule has 0 spiro atoms. The molecule has 0 atom stereocenters. The number of nitrogens with zero attached hydrogens (tertiary/aromatic N) is 2. The summed E-state index contributed by atoms with van der Waals surface area (Å²) in [6.45, 7) is 1.83. The molecular weight excluding hydrogens is 274 g/mol. The van der Waals surface area contributed by atoms with Gasteiger partial charge in [-0.15, -0.1) is 0 Å². The Hall–Kier alpha value is -2.09. The lowest BCUT2D eigenvalue weighted by atomic mass is 10.1. The normalized spacial score (nSPS) is 10.4. The molecule has 0 aliphatic heterocycles. The largest absolute Gasteiger partial charge is 0.396 e. The molecule has 20 heavy (non-hydrogen) atoms. The van der Waals surface area contributed by atoms with Gasteiger partial charge in [-0.2, -0.15) is 4.39 Å². The summed E-state index contributed by atoms with van der Waals surface area (Å²) >= 11 is 0. The van der Waals surface area contributed by atoms with Gasteiger partial charge >= 0.3 is 5.69 Å². The summed E-state index contributed by atoms with van der Waals surface area (Å²) in [5, 5.41) is 19.3. The zero-order chi connectivity index (χ0) is 15.3. The van der Waals surface area contributed by atoms with Crippen molar-refractivity contribution < 1.29 is 23.6 Å². The summed E-state index contributed by atoms with van der Waals surface area (Å²) in [7, 11) is 0. The molecule has 1 aromatic carbocycles. The predicted octanol–water partition coefficient (Wildman–Crippen LogP) is 1.72. The highest BCUT2D eigenvalue weighted by molar-refractivity contribution is 5.95. The topological polar surface area (TPSA) is 83.7 Å². The fourth-order valence-corrected chi connectivity index (χ4v) is 1.70. The van der Waals surface area contributed by atoms with Crippen LogP contribution in [0.15, 0.2) is 12.1 Å². The van der Waals surface area contributed by atoms with E-state index in [2.05, 4.69) is 0 Å². The fraction of sp³-hybridized carbons (Fsp3) is 0.417. The second-order valence-electron chi connectivity index (χ2n) is 4.01. The van der Waals surface area contributed by atoms with Crippen LogP contribution in [0, 0.1) is 21.7 Å². The van der Waals surface area contributed by atoms with Crippen molar-refractivity contribution in [3.63, 3.8) is 0 Å². The van der Waals surface area contributed by atoms with Crippen molar-refractivity contribution in [3.8, 4) is 0 Å². The van der Waals surface area contributed by atoms with E-state index in [9.17, 15) is 23.7 Å². The van der Waals surface area contributed by atoms with Crippen LogP contribution in [-0.4, -0.2) is 40.5 Å². The number of amides is 1. The smallest absolute Gasteiger partial charge is 0.308 e. The minimum Gasteiger partial charge on any atom is -0.396 e. The number of hydrogen-bond donors (Lipinski definition) is 1. The molecule has 0 aromatic heterocycles. The molecule has 0 unspecified atom stereocenters. The summed E-state index contributed by atoms with van der Waals surface area (Å²) in [4.78, 5) is 22.7. The van der Waals surface area contributed by atoms with Crippen molar-refractivity contribution >= 4 is 11.6 Å². The lowest BCUT2D eigenvalue weighted by molar-refractivity contribution is -0.387. The quantitative estimate of drug-likeness (QED) is 0.638. The van der Waals surface area contributed by atoms with E-state index in [0.29, 0.717) is 12.1 Å². The third-order valence-electron chi connectivity index (χ3n) is 2.70. The summed E-state index contributed by atoms with van der Waals surface area (Å²) in [6, 6.07) is 1.06. The van der Waals surface area contributed by atoms with Gasteiger partial charge in [-0.1, -0.05) is 0 Å². The molecule has 0 radical (unpaired) electrons. The molecule has 6 nitrogen and oxygen atoms in total. The first kappa shape index (κ1) is 16.0. The van der Waals surface area contributed by atoms with Crippen molar-refractivity contribution in [1.82, 2.24) is 4.90 Å². The molecule has 0 saturated carbocycles. The maximum Gasteiger partial charge on any atom is 0.308 e. The highest BCUT2D eigenvalue weighted by atomic mass is 19.1. The minimum absolute atomic E-state index is 0.148. The molecule has 8 heteroatoms. The summed E-state index contributed by atoms with van der Waals surface area (Å²) in [5.41, 5.74) is -1.76. The molecule has 0 bridgehead atoms. The third kappa shape index (κ3) is 3.47. The van der Waals surface area contributed by atoms with Crippen LogP contribution in [-0.2, 0) is 0 Å². The summed E-state index contributed by atoms with van der Waals surface area (Å²) in [5.74, 6) is -3.26. The number of rotatable bonds is 6. The molecule has 0 fully saturated rings. The number of aliphatic hydroxyl groups excluding tert-OH is 1. The van der Waals surface area contributed by atoms with Crippen molar-refractivity contribution in [3.05, 3.63) is 39.4 Å². The number of carbonyl (C=O) groups is 1. The van der Waals surface area contributed by atoms with Crippen LogP contribution >= 0.6 is 0 Å². The summed E-state index contributed by atoms with van der Waals surface area (Å²) < 4.78 is 27.1. The standard InChI is InChI=1S/C12H14F2N2O4/c1-2-15(4-3-5-17)12(18)9-6-8(13)7-10(11(9)14)16(19)20/h6-7,17H,2-5H2,1H3. The molecule has 0 heterocycles. The lowest BCUT2D eigenvalue weighted by Crippen LogP contribution is -2.33. The van der Waals surface area contributed by atoms with Crippen molar-refractivity contribution in [2.24, 2.45) is 0 Å². The molecule has 1 aromatic rings. The Morgan fingerprint density at radius 3 is 2.60 bits per heavy atom. The first-order valence-corrected chi connectivity index (χ1v) is 5.95. The first-order chi connectivity index (χ1) is 9.42. The van der Waals surface area contributed by atoms with E-state index in [1.165, 1.54) is 4.90 Å². The average molecular weight is 288 g/mol. The van der Waals surface area contributed by atoms with E-state index >= 15 is 0 Å². The van der Waals surface area contributed by atoms with E-state index < -0.39 is 33.7 Å². The Balaban J connectivity index is 3.17. The number of hydrogen-bond acceptors (Lipinski definition) is 4. The van der Waals surface area contributed by atoms with Gasteiger partial charge in [0.2, 0.25) is 5.82 Å². The van der Waals surface area contributed by atoms with Gasteiger partial charge in [-0.25, -0.2) is 4.39 Å². The maximum absolute atomic E-state index is 13.9. The Labute approximate surface area is 113 Å². The molecule has 1 N–H and O–H groups in total. The van der Waals surface area contributed by atoms with Gasteiger partial charge in [-0.3, -0.25) is 14.9 Å². The number of halogens is 2. The Bertz CT molecular complexity index is 522. The number of nitro benzene ring substituents is 1. The minimum atomic E-state index is -1.36. The lowest BCUT2D eigenvalue weighted by Gasteiger charge is -2.20. The third-order valence-corrected chi connectivity index (χ3v) is 2.70. The van der Waals surface area contributed by atoms with E-state index in [0.717, 1.165) is 0 Å². The average Bonchev–Trinajstić information content (AvgIpc) is 2.41. The first-order valence-electron chi connectivity index (χ1n) is 5.95. The molecule has 0 aliphatic carbocycles. The van der Waals surface area contributed by atoms with E-state index in [4.69, 9.17) is 5.11 Å². The SMILES string of the molecule is CCN(CCCO)C(=O)c1cc(F)cc([N+](=O)[O-])c1F. The Morgan fingerprint density at radius 2 is 2.10 bits per heavy atom. The van der Waals surface area contributed by atoms with Crippen LogP contribution in [0.1, 0.15) is 23.7 Å². The van der Waals surface area contributed by atoms with Crippen molar-refractivity contribution in [1.29, 1.82) is 0 Å². The second-order valence-corrected chi connectivity index (χ2v) is 4.01. The highest BCUT2D eigenvalue weighted by Crippen LogP contribution is 2.23. The van der Waals surface area contributed by atoms with Crippen LogP contribution in [0.25, 0.3) is 0 Å². The Kier molecular flexibility index (Phi) is 5.51. The monoisotopic (exact) mass is 288 g/mol. The molecule has 110 valence electrons. The van der Waals surface area contributed by atoms with E-state index in [-0.39, 0.29) is 26.1 Å². The van der Waals surface area contributed by atoms with E-state index in [1.54, 1.807) is 6.92 Å². The fourth-order valence-electron chi connectivity index (χ4n) is 1.70. The zero-order valence-corrected chi connectivity index (χ0v) is 10.8. The van der Waals surface area contributed by atoms with Gasteiger partial charge < -0.3 is 10.0 Å². The van der Waals surface area contributed by atoms with Gasteiger partial charge in [0.25, 0.3) is 5.91 Å². The molecule has 1 rings (SSSR count). The van der Waals surface area contributed by atoms with Crippen molar-refractivity contribution in [2.45, 2.75) is 13.3 Å². The van der Waals surface area contributed by atoms with E-state index in [1.807, 2.05) is 0 Å². The van der Waals surface area contributed by atoms with Crippen LogP contribution < -0.4 is 0 Å². The predicted molar refractivity (Wildman–Crippen MR) is 66.3 cm³/mol. The molecule has 0 aliphatic rings. The van der Waals surface area contributed by atoms with Gasteiger partial charge in [0.05, 0.1) is 16.6 Å². The molecular formula is C12H14F2N2O4. The van der Waals surface area contributed by atoms with Crippen molar-refractivity contribution in [2.75, 3.05) is 19.7 Å². The number of aliphatic hydroxyl groups is 1. The van der Waals surface area contributed by atoms with Crippen LogP contribution in [0.2, 0.25) is 0 Å². The van der Waals surface area contributed by atoms with Gasteiger partial charge in [-0.05, 0) is 19.4 Å². The van der Waals surface area contributed by atoms with Gasteiger partial charge in [0.15, 0.2) is 0 Å². The van der Waals surface area contributed by atoms with Crippen LogP contribution in [0.3, 0.4) is 0 Å². The molecule has 1 amide bonds. The number of benzene rings is 1. The second kappa shape index (κ2) is 6.90. The van der Waals surface area contributed by atoms with Gasteiger partial charge in [0, 0.05) is 19.7 Å². The van der Waals surface area contributed by atoms with Gasteiger partial charge in [0.1, 0.15) is 5.82 Å². The number of carbonyl (C=O) groups excluding carboxylic acids is 1. The zero-order valence-electron chi connectivity index (χ0n) is 10.8. The van der Waals surface area contributed by atoms with Crippen LogP contribution in [0.5, 0.6) is 0 Å². The van der Waals surface area contributed by atoms with Crippen LogP contribution in [0.4, 0.5) is 14.5 Å². The highest BCUT2D eigenvalue weighted by Gasteiger charge is 2.26. The summed E-state index contributed by atoms with van der Waals surface area (Å²) in [6.07, 6.45) is 0.276. The number of nitro groups is 1. The maximum atomic E-state index is 13.9.